The first-order valence-corrected chi connectivity index (χ1v) is 9.48. The number of alkyl halides is 10. The van der Waals surface area contributed by atoms with E-state index in [1.807, 2.05) is 0 Å². The molecule has 0 saturated heterocycles. The Morgan fingerprint density at radius 2 is 1.09 bits per heavy atom. The summed E-state index contributed by atoms with van der Waals surface area (Å²) in [5, 5.41) is -5.98. The Bertz CT molecular complexity index is 759. The van der Waals surface area contributed by atoms with Crippen LogP contribution in [0.5, 0.6) is 0 Å². The zero-order valence-electron chi connectivity index (χ0n) is 15.9. The van der Waals surface area contributed by atoms with Crippen LogP contribution in [0.15, 0.2) is 0 Å². The highest BCUT2D eigenvalue weighted by molar-refractivity contribution is 7.86. The molecule has 0 amide bonds. The number of carbonyl (C=O) groups excluding carboxylic acids is 2. The topological polar surface area (TPSA) is 125 Å². The van der Waals surface area contributed by atoms with Crippen LogP contribution in [0.3, 0.4) is 0 Å². The first kappa shape index (κ1) is 30.8. The molecule has 2 unspecified atom stereocenters. The molecular formula is C13H14F10O9S. The van der Waals surface area contributed by atoms with E-state index in [0.717, 1.165) is 0 Å². The summed E-state index contributed by atoms with van der Waals surface area (Å²) in [6, 6.07) is 0. The van der Waals surface area contributed by atoms with Gasteiger partial charge in [-0.25, -0.2) is 18.4 Å². The lowest BCUT2D eigenvalue weighted by Crippen LogP contribution is -2.52. The fraction of sp³-hybridized carbons (Fsp3) is 0.846. The van der Waals surface area contributed by atoms with E-state index in [9.17, 15) is 61.9 Å². The van der Waals surface area contributed by atoms with Crippen molar-refractivity contribution in [1.29, 1.82) is 0 Å². The minimum atomic E-state index is -6.66. The summed E-state index contributed by atoms with van der Waals surface area (Å²) < 4.78 is 171. The molecule has 0 aromatic carbocycles. The number of hydrogen-bond donors (Lipinski definition) is 1. The van der Waals surface area contributed by atoms with E-state index in [1.165, 1.54) is 0 Å². The number of halogens is 10. The third-order valence-electron chi connectivity index (χ3n) is 3.11. The molecular weight excluding hydrogens is 522 g/mol. The van der Waals surface area contributed by atoms with Gasteiger partial charge in [0.25, 0.3) is 18.1 Å². The molecule has 20 heteroatoms. The van der Waals surface area contributed by atoms with Crippen molar-refractivity contribution in [1.82, 2.24) is 0 Å². The van der Waals surface area contributed by atoms with Crippen LogP contribution in [0.1, 0.15) is 19.8 Å². The van der Waals surface area contributed by atoms with Crippen LogP contribution in [0.4, 0.5) is 53.5 Å². The fourth-order valence-electron chi connectivity index (χ4n) is 1.69. The molecule has 33 heavy (non-hydrogen) atoms. The number of carbonyl (C=O) groups is 2. The average Bonchev–Trinajstić information content (AvgIpc) is 2.56. The summed E-state index contributed by atoms with van der Waals surface area (Å²) in [5.41, 5.74) is 0. The van der Waals surface area contributed by atoms with Crippen molar-refractivity contribution in [2.24, 2.45) is 0 Å². The van der Waals surface area contributed by atoms with Crippen molar-refractivity contribution in [3.05, 3.63) is 0 Å². The molecule has 0 bridgehead atoms. The van der Waals surface area contributed by atoms with E-state index >= 15 is 0 Å². The number of ether oxygens (including phenoxy) is 4. The van der Waals surface area contributed by atoms with Crippen LogP contribution in [0.25, 0.3) is 0 Å². The van der Waals surface area contributed by atoms with E-state index in [4.69, 9.17) is 4.55 Å². The molecule has 0 heterocycles. The van der Waals surface area contributed by atoms with Crippen molar-refractivity contribution in [3.63, 3.8) is 0 Å². The first-order chi connectivity index (χ1) is 14.5. The van der Waals surface area contributed by atoms with Crippen molar-refractivity contribution in [2.75, 3.05) is 13.2 Å². The molecule has 0 aliphatic rings. The van der Waals surface area contributed by atoms with Crippen LogP contribution in [-0.2, 0) is 29.1 Å². The van der Waals surface area contributed by atoms with Gasteiger partial charge < -0.3 is 18.9 Å². The van der Waals surface area contributed by atoms with Gasteiger partial charge in [-0.3, -0.25) is 4.55 Å². The lowest BCUT2D eigenvalue weighted by Gasteiger charge is -2.25. The van der Waals surface area contributed by atoms with Crippen LogP contribution < -0.4 is 0 Å². The highest BCUT2D eigenvalue weighted by Gasteiger charge is 2.66. The lowest BCUT2D eigenvalue weighted by atomic mass is 10.2. The van der Waals surface area contributed by atoms with Gasteiger partial charge in [-0.05, 0) is 12.8 Å². The molecule has 196 valence electrons. The molecule has 0 fully saturated rings. The van der Waals surface area contributed by atoms with Gasteiger partial charge in [-0.15, -0.1) is 0 Å². The largest absolute Gasteiger partial charge is 0.509 e. The molecule has 0 aromatic rings. The summed E-state index contributed by atoms with van der Waals surface area (Å²) in [6.45, 7) is -1.91. The molecule has 0 rings (SSSR count). The molecule has 0 saturated carbocycles. The second-order valence-corrected chi connectivity index (χ2v) is 7.47. The summed E-state index contributed by atoms with van der Waals surface area (Å²) in [7, 11) is -6.66. The third kappa shape index (κ3) is 10.0. The van der Waals surface area contributed by atoms with Gasteiger partial charge >= 0.3 is 40.0 Å². The number of unbranched alkanes of at least 4 members (excludes halogenated alkanes) is 1. The quantitative estimate of drug-likeness (QED) is 0.190. The Kier molecular flexibility index (Phi) is 10.0. The molecule has 0 aromatic heterocycles. The Labute approximate surface area is 177 Å². The molecule has 9 nitrogen and oxygen atoms in total. The van der Waals surface area contributed by atoms with Crippen LogP contribution in [0.2, 0.25) is 0 Å². The first-order valence-electron chi connectivity index (χ1n) is 8.04. The van der Waals surface area contributed by atoms with Gasteiger partial charge in [0.1, 0.15) is 0 Å². The fourth-order valence-corrected chi connectivity index (χ4v) is 2.15. The van der Waals surface area contributed by atoms with Crippen LogP contribution >= 0.6 is 0 Å². The van der Waals surface area contributed by atoms with E-state index < -0.39 is 84.2 Å². The number of hydrogen-bond acceptors (Lipinski definition) is 8. The van der Waals surface area contributed by atoms with E-state index in [2.05, 4.69) is 18.9 Å². The second-order valence-electron chi connectivity index (χ2n) is 5.98. The van der Waals surface area contributed by atoms with Gasteiger partial charge in [0.15, 0.2) is 0 Å². The molecule has 0 radical (unpaired) electrons. The molecule has 0 aliphatic heterocycles. The minimum absolute atomic E-state index is 0.177. The Morgan fingerprint density at radius 3 is 1.36 bits per heavy atom. The predicted octanol–water partition coefficient (Wildman–Crippen LogP) is 4.07. The summed E-state index contributed by atoms with van der Waals surface area (Å²) in [4.78, 5) is 22.1. The third-order valence-corrected chi connectivity index (χ3v) is 4.01. The van der Waals surface area contributed by atoms with Gasteiger partial charge in [0, 0.05) is 6.92 Å². The zero-order chi connectivity index (χ0) is 26.5. The summed E-state index contributed by atoms with van der Waals surface area (Å²) >= 11 is 0. The molecule has 0 aliphatic carbocycles. The minimum Gasteiger partial charge on any atom is -0.434 e. The molecule has 0 spiro atoms. The van der Waals surface area contributed by atoms with Gasteiger partial charge in [0.2, 0.25) is 0 Å². The van der Waals surface area contributed by atoms with E-state index in [1.54, 1.807) is 0 Å². The highest BCUT2D eigenvalue weighted by Crippen LogP contribution is 2.38. The maximum Gasteiger partial charge on any atom is 0.509 e. The van der Waals surface area contributed by atoms with Crippen LogP contribution in [0, 0.1) is 0 Å². The van der Waals surface area contributed by atoms with Gasteiger partial charge in [0.05, 0.1) is 13.2 Å². The molecule has 1 N–H and O–H groups in total. The maximum atomic E-state index is 13.2. The smallest absolute Gasteiger partial charge is 0.434 e. The van der Waals surface area contributed by atoms with Crippen molar-refractivity contribution < 1.29 is 85.4 Å². The van der Waals surface area contributed by atoms with Gasteiger partial charge in [-0.2, -0.15) is 43.5 Å². The predicted molar refractivity (Wildman–Crippen MR) is 80.9 cm³/mol. The Balaban J connectivity index is 4.56. The Morgan fingerprint density at radius 1 is 0.758 bits per heavy atom. The number of rotatable bonds is 10. The van der Waals surface area contributed by atoms with Gasteiger partial charge in [-0.1, -0.05) is 0 Å². The summed E-state index contributed by atoms with van der Waals surface area (Å²) in [6.07, 6.45) is -25.7. The standard InChI is InChI=1S/C13H14F10O9S/c1-10(14,15)6(11(16,17)18)31-8(24)29-4-2-3-5-30-9(25)32-7(12(19,20)21)13(22,23)33(26,27)28/h6-7H,2-5H2,1H3,(H,26,27,28). The zero-order valence-corrected chi connectivity index (χ0v) is 16.7. The van der Waals surface area contributed by atoms with Crippen LogP contribution in [-0.4, -0.2) is 74.2 Å². The SMILES string of the molecule is CC(F)(F)C(OC(=O)OCCCCOC(=O)OC(C(F)(F)F)C(F)(F)S(=O)(=O)O)C(F)(F)F. The normalized spacial score (nSPS) is 15.4. The Hall–Kier alpha value is -2.25. The van der Waals surface area contributed by atoms with Crippen molar-refractivity contribution in [2.45, 2.75) is 55.5 Å². The highest BCUT2D eigenvalue weighted by atomic mass is 32.2. The van der Waals surface area contributed by atoms with E-state index in [-0.39, 0.29) is 6.92 Å². The maximum absolute atomic E-state index is 13.2. The summed E-state index contributed by atoms with van der Waals surface area (Å²) in [5.74, 6) is -4.51. The monoisotopic (exact) mass is 536 g/mol. The van der Waals surface area contributed by atoms with Crippen molar-refractivity contribution in [3.8, 4) is 0 Å². The van der Waals surface area contributed by atoms with E-state index in [0.29, 0.717) is 0 Å². The second kappa shape index (κ2) is 10.8. The average molecular weight is 536 g/mol. The lowest BCUT2D eigenvalue weighted by molar-refractivity contribution is -0.267. The van der Waals surface area contributed by atoms with Crippen molar-refractivity contribution >= 4 is 22.4 Å². The molecule has 2 atom stereocenters.